The van der Waals surface area contributed by atoms with Crippen LogP contribution in [0.5, 0.6) is 5.75 Å². The smallest absolute Gasteiger partial charge is 0.321 e. The number of hydrogen-bond acceptors (Lipinski definition) is 3. The zero-order valence-corrected chi connectivity index (χ0v) is 10.7. The Bertz CT molecular complexity index is 537. The fourth-order valence-corrected chi connectivity index (χ4v) is 1.91. The Hall–Kier alpha value is -2.50. The van der Waals surface area contributed by atoms with Crippen molar-refractivity contribution in [3.63, 3.8) is 0 Å². The molecule has 6 nitrogen and oxygen atoms in total. The van der Waals surface area contributed by atoms with Crippen molar-refractivity contribution in [3.8, 4) is 5.75 Å². The molecule has 0 fully saturated rings. The highest BCUT2D eigenvalue weighted by Gasteiger charge is 2.29. The molecule has 0 bridgehead atoms. The second-order valence-electron chi connectivity index (χ2n) is 4.22. The summed E-state index contributed by atoms with van der Waals surface area (Å²) >= 11 is 0. The summed E-state index contributed by atoms with van der Waals surface area (Å²) in [5.41, 5.74) is 6.46. The third kappa shape index (κ3) is 2.52. The van der Waals surface area contributed by atoms with E-state index in [1.54, 1.807) is 38.4 Å². The minimum absolute atomic E-state index is 0.286. The number of primary amides is 1. The van der Waals surface area contributed by atoms with Crippen LogP contribution in [0.15, 0.2) is 36.0 Å². The molecule has 0 aliphatic carbocycles. The molecular formula is C13H15N3O3. The molecule has 0 aromatic heterocycles. The van der Waals surface area contributed by atoms with Gasteiger partial charge in [0.05, 0.1) is 18.7 Å². The molecule has 0 saturated carbocycles. The molecule has 100 valence electrons. The van der Waals surface area contributed by atoms with Gasteiger partial charge in [0.25, 0.3) is 0 Å². The molecule has 2 rings (SSSR count). The van der Waals surface area contributed by atoms with Crippen molar-refractivity contribution in [2.75, 3.05) is 14.2 Å². The summed E-state index contributed by atoms with van der Waals surface area (Å²) in [4.78, 5) is 24.4. The average molecular weight is 261 g/mol. The van der Waals surface area contributed by atoms with Gasteiger partial charge in [-0.05, 0) is 17.7 Å². The summed E-state index contributed by atoms with van der Waals surface area (Å²) in [6.07, 6.45) is 1.45. The Morgan fingerprint density at radius 3 is 2.53 bits per heavy atom. The van der Waals surface area contributed by atoms with Crippen molar-refractivity contribution in [1.82, 2.24) is 10.2 Å². The van der Waals surface area contributed by atoms with Crippen molar-refractivity contribution >= 4 is 11.9 Å². The van der Waals surface area contributed by atoms with Crippen molar-refractivity contribution in [3.05, 3.63) is 41.6 Å². The lowest BCUT2D eigenvalue weighted by Crippen LogP contribution is -2.44. The topological polar surface area (TPSA) is 84.7 Å². The maximum absolute atomic E-state index is 11.7. The summed E-state index contributed by atoms with van der Waals surface area (Å²) in [5.74, 6) is 0.139. The van der Waals surface area contributed by atoms with Crippen LogP contribution < -0.4 is 15.8 Å². The number of carbonyl (C=O) groups excluding carboxylic acids is 2. The van der Waals surface area contributed by atoms with E-state index in [-0.39, 0.29) is 6.03 Å². The lowest BCUT2D eigenvalue weighted by molar-refractivity contribution is -0.115. The summed E-state index contributed by atoms with van der Waals surface area (Å²) in [6, 6.07) is 6.27. The quantitative estimate of drug-likeness (QED) is 0.842. The Balaban J connectivity index is 2.37. The van der Waals surface area contributed by atoms with Crippen molar-refractivity contribution in [2.24, 2.45) is 5.73 Å². The Kier molecular flexibility index (Phi) is 3.41. The second-order valence-corrected chi connectivity index (χ2v) is 4.22. The lowest BCUT2D eigenvalue weighted by atomic mass is 9.97. The molecule has 0 spiro atoms. The minimum atomic E-state index is -0.562. The molecule has 0 radical (unpaired) electrons. The minimum Gasteiger partial charge on any atom is -0.497 e. The molecule has 19 heavy (non-hydrogen) atoms. The Morgan fingerprint density at radius 1 is 1.37 bits per heavy atom. The van der Waals surface area contributed by atoms with Crippen molar-refractivity contribution in [2.45, 2.75) is 6.04 Å². The van der Waals surface area contributed by atoms with Gasteiger partial charge in [-0.1, -0.05) is 12.1 Å². The maximum Gasteiger partial charge on any atom is 0.321 e. The van der Waals surface area contributed by atoms with Crippen molar-refractivity contribution in [1.29, 1.82) is 0 Å². The van der Waals surface area contributed by atoms with Crippen LogP contribution >= 0.6 is 0 Å². The standard InChI is InChI=1S/C13H15N3O3/c1-16-7-10(12(14)17)11(15-13(16)18)8-3-5-9(19-2)6-4-8/h3-7,11H,1-2H3,(H2,14,17)(H,15,18). The number of nitrogens with one attached hydrogen (secondary N) is 1. The van der Waals surface area contributed by atoms with Crippen LogP contribution in [0.2, 0.25) is 0 Å². The van der Waals surface area contributed by atoms with Gasteiger partial charge in [0.1, 0.15) is 5.75 Å². The zero-order chi connectivity index (χ0) is 14.0. The molecule has 0 saturated heterocycles. The number of ether oxygens (including phenoxy) is 1. The van der Waals surface area contributed by atoms with E-state index in [9.17, 15) is 9.59 Å². The monoisotopic (exact) mass is 261 g/mol. The molecule has 1 aliphatic rings. The van der Waals surface area contributed by atoms with Gasteiger partial charge < -0.3 is 20.7 Å². The average Bonchev–Trinajstić information content (AvgIpc) is 2.41. The molecule has 1 unspecified atom stereocenters. The van der Waals surface area contributed by atoms with E-state index in [4.69, 9.17) is 10.5 Å². The van der Waals surface area contributed by atoms with Crippen molar-refractivity contribution < 1.29 is 14.3 Å². The predicted molar refractivity (Wildman–Crippen MR) is 69.3 cm³/mol. The van der Waals surface area contributed by atoms with E-state index >= 15 is 0 Å². The number of amides is 3. The summed E-state index contributed by atoms with van der Waals surface area (Å²) in [6.45, 7) is 0. The molecule has 3 N–H and O–H groups in total. The largest absolute Gasteiger partial charge is 0.497 e. The number of urea groups is 1. The highest BCUT2D eigenvalue weighted by molar-refractivity contribution is 5.96. The van der Waals surface area contributed by atoms with E-state index in [1.807, 2.05) is 0 Å². The maximum atomic E-state index is 11.7. The van der Waals surface area contributed by atoms with Gasteiger partial charge >= 0.3 is 6.03 Å². The molecule has 1 heterocycles. The summed E-state index contributed by atoms with van der Waals surface area (Å²) in [7, 11) is 3.13. The van der Waals surface area contributed by atoms with Gasteiger partial charge in [-0.3, -0.25) is 4.79 Å². The first-order chi connectivity index (χ1) is 9.02. The predicted octanol–water partition coefficient (Wildman–Crippen LogP) is 0.760. The van der Waals surface area contributed by atoms with E-state index in [0.29, 0.717) is 11.3 Å². The van der Waals surface area contributed by atoms with Crippen LogP contribution in [0.25, 0.3) is 0 Å². The first-order valence-corrected chi connectivity index (χ1v) is 5.71. The number of hydrogen-bond donors (Lipinski definition) is 2. The van der Waals surface area contributed by atoms with Gasteiger partial charge in [-0.2, -0.15) is 0 Å². The number of rotatable bonds is 3. The van der Waals surface area contributed by atoms with Crippen LogP contribution in [-0.4, -0.2) is 31.0 Å². The normalized spacial score (nSPS) is 18.6. The van der Waals surface area contributed by atoms with E-state index in [1.165, 1.54) is 11.1 Å². The molecule has 1 aromatic rings. The van der Waals surface area contributed by atoms with Gasteiger partial charge in [0, 0.05) is 13.2 Å². The van der Waals surface area contributed by atoms with E-state index in [2.05, 4.69) is 5.32 Å². The Labute approximate surface area is 110 Å². The fraction of sp³-hybridized carbons (Fsp3) is 0.231. The SMILES string of the molecule is COc1ccc(C2NC(=O)N(C)C=C2C(N)=O)cc1. The molecule has 3 amide bonds. The van der Waals surface area contributed by atoms with Gasteiger partial charge in [0.15, 0.2) is 0 Å². The second kappa shape index (κ2) is 5.01. The zero-order valence-electron chi connectivity index (χ0n) is 10.7. The Morgan fingerprint density at radius 2 is 2.00 bits per heavy atom. The third-order valence-electron chi connectivity index (χ3n) is 2.97. The highest BCUT2D eigenvalue weighted by Crippen LogP contribution is 2.26. The van der Waals surface area contributed by atoms with Gasteiger partial charge in [-0.15, -0.1) is 0 Å². The number of carbonyl (C=O) groups is 2. The summed E-state index contributed by atoms with van der Waals surface area (Å²) in [5, 5.41) is 2.73. The molecule has 1 aliphatic heterocycles. The molecule has 1 atom stereocenters. The lowest BCUT2D eigenvalue weighted by Gasteiger charge is -2.29. The number of nitrogens with zero attached hydrogens (tertiary/aromatic N) is 1. The van der Waals surface area contributed by atoms with Crippen LogP contribution in [-0.2, 0) is 4.79 Å². The highest BCUT2D eigenvalue weighted by atomic mass is 16.5. The van der Waals surface area contributed by atoms with E-state index < -0.39 is 11.9 Å². The van der Waals surface area contributed by atoms with Crippen LogP contribution in [0.1, 0.15) is 11.6 Å². The third-order valence-corrected chi connectivity index (χ3v) is 2.97. The van der Waals surface area contributed by atoms with Gasteiger partial charge in [0.2, 0.25) is 5.91 Å². The van der Waals surface area contributed by atoms with Crippen LogP contribution in [0, 0.1) is 0 Å². The summed E-state index contributed by atoms with van der Waals surface area (Å²) < 4.78 is 5.07. The number of methoxy groups -OCH3 is 1. The molecule has 6 heteroatoms. The first kappa shape index (κ1) is 12.9. The van der Waals surface area contributed by atoms with E-state index in [0.717, 1.165) is 5.56 Å². The first-order valence-electron chi connectivity index (χ1n) is 5.71. The fourth-order valence-electron chi connectivity index (χ4n) is 1.91. The van der Waals surface area contributed by atoms with Gasteiger partial charge in [-0.25, -0.2) is 4.79 Å². The number of nitrogens with two attached hydrogens (primary N) is 1. The molecule has 1 aromatic carbocycles. The number of benzene rings is 1. The van der Waals surface area contributed by atoms with Crippen LogP contribution in [0.3, 0.4) is 0 Å². The molecular weight excluding hydrogens is 246 g/mol. The van der Waals surface area contributed by atoms with Crippen LogP contribution in [0.4, 0.5) is 4.79 Å².